The van der Waals surface area contributed by atoms with Gasteiger partial charge in [-0.25, -0.2) is 4.39 Å². The number of hydrogen-bond donors (Lipinski definition) is 0. The van der Waals surface area contributed by atoms with Crippen LogP contribution in [-0.2, 0) is 0 Å². The molecule has 2 heterocycles. The van der Waals surface area contributed by atoms with Crippen LogP contribution < -0.4 is 4.90 Å². The average molecular weight is 396 g/mol. The van der Waals surface area contributed by atoms with E-state index < -0.39 is 0 Å². The van der Waals surface area contributed by atoms with Crippen LogP contribution in [0.25, 0.3) is 10.1 Å². The summed E-state index contributed by atoms with van der Waals surface area (Å²) in [5.41, 5.74) is 2.48. The van der Waals surface area contributed by atoms with Crippen molar-refractivity contribution in [1.82, 2.24) is 4.90 Å². The summed E-state index contributed by atoms with van der Waals surface area (Å²) in [6.07, 6.45) is 0. The van der Waals surface area contributed by atoms with Crippen LogP contribution in [0, 0.1) is 12.7 Å². The van der Waals surface area contributed by atoms with Gasteiger partial charge in [-0.3, -0.25) is 9.59 Å². The van der Waals surface area contributed by atoms with Gasteiger partial charge in [0.2, 0.25) is 0 Å². The lowest BCUT2D eigenvalue weighted by molar-refractivity contribution is 0.0751. The highest BCUT2D eigenvalue weighted by molar-refractivity contribution is 7.21. The van der Waals surface area contributed by atoms with E-state index in [2.05, 4.69) is 4.90 Å². The summed E-state index contributed by atoms with van der Waals surface area (Å²) < 4.78 is 14.9. The highest BCUT2D eigenvalue weighted by Gasteiger charge is 2.26. The minimum Gasteiger partial charge on any atom is -0.368 e. The molecule has 0 radical (unpaired) electrons. The second-order valence-electron chi connectivity index (χ2n) is 7.05. The molecule has 4 rings (SSSR count). The van der Waals surface area contributed by atoms with Gasteiger partial charge in [0.05, 0.1) is 4.88 Å². The molecule has 144 valence electrons. The van der Waals surface area contributed by atoms with Gasteiger partial charge in [0.25, 0.3) is 5.91 Å². The molecule has 0 bridgehead atoms. The molecule has 1 aliphatic heterocycles. The summed E-state index contributed by atoms with van der Waals surface area (Å²) in [4.78, 5) is 29.1. The number of anilines is 1. The van der Waals surface area contributed by atoms with E-state index in [1.54, 1.807) is 13.0 Å². The number of rotatable bonds is 3. The number of hydrogen-bond acceptors (Lipinski definition) is 4. The molecular formula is C22H21FN2O2S. The Kier molecular flexibility index (Phi) is 4.89. The fourth-order valence-corrected chi connectivity index (χ4v) is 4.87. The molecule has 3 aromatic rings. The Hall–Kier alpha value is -2.73. The first kappa shape index (κ1) is 18.6. The summed E-state index contributed by atoms with van der Waals surface area (Å²) >= 11 is 1.36. The molecule has 0 spiro atoms. The van der Waals surface area contributed by atoms with E-state index >= 15 is 0 Å². The minimum atomic E-state index is -0.274. The maximum Gasteiger partial charge on any atom is 0.264 e. The summed E-state index contributed by atoms with van der Waals surface area (Å²) in [7, 11) is 0. The molecule has 0 saturated carbocycles. The van der Waals surface area contributed by atoms with Gasteiger partial charge in [0.1, 0.15) is 5.82 Å². The van der Waals surface area contributed by atoms with E-state index in [-0.39, 0.29) is 17.5 Å². The number of Topliss-reactive ketones (excluding diaryl/α,β-unsaturated/α-hetero) is 1. The lowest BCUT2D eigenvalue weighted by Crippen LogP contribution is -2.48. The first-order valence-electron chi connectivity index (χ1n) is 9.28. The van der Waals surface area contributed by atoms with Crippen LogP contribution in [0.15, 0.2) is 42.5 Å². The molecule has 1 aliphatic rings. The van der Waals surface area contributed by atoms with Crippen molar-refractivity contribution in [2.45, 2.75) is 13.8 Å². The smallest absolute Gasteiger partial charge is 0.264 e. The summed E-state index contributed by atoms with van der Waals surface area (Å²) in [6.45, 7) is 6.06. The fourth-order valence-electron chi connectivity index (χ4n) is 3.68. The minimum absolute atomic E-state index is 0.0234. The number of halogens is 1. The molecule has 0 N–H and O–H groups in total. The van der Waals surface area contributed by atoms with Gasteiger partial charge in [0, 0.05) is 47.5 Å². The Morgan fingerprint density at radius 3 is 2.29 bits per heavy atom. The lowest BCUT2D eigenvalue weighted by Gasteiger charge is -2.36. The SMILES string of the molecule is CC(=O)c1ccc(N2CCN(C(=O)c3sc4cccc(F)c4c3C)CC2)cc1. The van der Waals surface area contributed by atoms with Crippen molar-refractivity contribution >= 4 is 38.8 Å². The molecule has 1 fully saturated rings. The highest BCUT2D eigenvalue weighted by Crippen LogP contribution is 2.33. The third-order valence-electron chi connectivity index (χ3n) is 5.30. The fraction of sp³-hybridized carbons (Fsp3) is 0.273. The van der Waals surface area contributed by atoms with Crippen LogP contribution in [0.5, 0.6) is 0 Å². The summed E-state index contributed by atoms with van der Waals surface area (Å²) in [5.74, 6) is -0.245. The number of ketones is 1. The average Bonchev–Trinajstić information content (AvgIpc) is 3.05. The van der Waals surface area contributed by atoms with Crippen LogP contribution in [0.1, 0.15) is 32.5 Å². The highest BCUT2D eigenvalue weighted by atomic mass is 32.1. The van der Waals surface area contributed by atoms with Crippen molar-refractivity contribution in [3.05, 3.63) is 64.3 Å². The van der Waals surface area contributed by atoms with E-state index in [4.69, 9.17) is 0 Å². The second-order valence-corrected chi connectivity index (χ2v) is 8.10. The van der Waals surface area contributed by atoms with Gasteiger partial charge < -0.3 is 9.80 Å². The van der Waals surface area contributed by atoms with E-state index in [1.165, 1.54) is 17.4 Å². The van der Waals surface area contributed by atoms with Crippen LogP contribution in [0.2, 0.25) is 0 Å². The third-order valence-corrected chi connectivity index (χ3v) is 6.55. The number of amides is 1. The molecule has 0 aliphatic carbocycles. The molecule has 2 aromatic carbocycles. The normalized spacial score (nSPS) is 14.5. The monoisotopic (exact) mass is 396 g/mol. The van der Waals surface area contributed by atoms with Crippen LogP contribution >= 0.6 is 11.3 Å². The zero-order valence-electron chi connectivity index (χ0n) is 15.9. The van der Waals surface area contributed by atoms with E-state index in [1.807, 2.05) is 42.2 Å². The topological polar surface area (TPSA) is 40.6 Å². The van der Waals surface area contributed by atoms with Crippen molar-refractivity contribution in [3.63, 3.8) is 0 Å². The van der Waals surface area contributed by atoms with Gasteiger partial charge in [-0.15, -0.1) is 11.3 Å². The largest absolute Gasteiger partial charge is 0.368 e. The molecule has 1 saturated heterocycles. The third kappa shape index (κ3) is 3.29. The van der Waals surface area contributed by atoms with E-state index in [0.717, 1.165) is 29.0 Å². The van der Waals surface area contributed by atoms with Crippen LogP contribution in [-0.4, -0.2) is 42.8 Å². The van der Waals surface area contributed by atoms with E-state index in [0.29, 0.717) is 28.9 Å². The van der Waals surface area contributed by atoms with Crippen LogP contribution in [0.3, 0.4) is 0 Å². The van der Waals surface area contributed by atoms with Crippen molar-refractivity contribution < 1.29 is 14.0 Å². The number of benzene rings is 2. The first-order valence-corrected chi connectivity index (χ1v) is 10.1. The zero-order chi connectivity index (χ0) is 19.8. The number of thiophene rings is 1. The Bertz CT molecular complexity index is 1050. The van der Waals surface area contributed by atoms with Crippen molar-refractivity contribution in [2.24, 2.45) is 0 Å². The molecular weight excluding hydrogens is 375 g/mol. The summed E-state index contributed by atoms with van der Waals surface area (Å²) in [6, 6.07) is 12.6. The Balaban J connectivity index is 1.48. The van der Waals surface area contributed by atoms with Crippen molar-refractivity contribution in [2.75, 3.05) is 31.1 Å². The number of aryl methyl sites for hydroxylation is 1. The van der Waals surface area contributed by atoms with Gasteiger partial charge in [-0.2, -0.15) is 0 Å². The molecule has 0 atom stereocenters. The Morgan fingerprint density at radius 2 is 1.68 bits per heavy atom. The lowest BCUT2D eigenvalue weighted by atomic mass is 10.1. The quantitative estimate of drug-likeness (QED) is 0.612. The number of nitrogens with zero attached hydrogens (tertiary/aromatic N) is 2. The van der Waals surface area contributed by atoms with Gasteiger partial charge >= 0.3 is 0 Å². The van der Waals surface area contributed by atoms with Crippen molar-refractivity contribution in [1.29, 1.82) is 0 Å². The number of piperazine rings is 1. The van der Waals surface area contributed by atoms with E-state index in [9.17, 15) is 14.0 Å². The van der Waals surface area contributed by atoms with Gasteiger partial charge in [-0.05, 0) is 55.8 Å². The maximum atomic E-state index is 14.1. The summed E-state index contributed by atoms with van der Waals surface area (Å²) in [5, 5.41) is 0.556. The predicted octanol–water partition coefficient (Wildman–Crippen LogP) is 4.51. The van der Waals surface area contributed by atoms with Crippen LogP contribution in [0.4, 0.5) is 10.1 Å². The molecule has 1 aromatic heterocycles. The molecule has 1 amide bonds. The van der Waals surface area contributed by atoms with Crippen molar-refractivity contribution in [3.8, 4) is 0 Å². The zero-order valence-corrected chi connectivity index (χ0v) is 16.7. The molecule has 28 heavy (non-hydrogen) atoms. The predicted molar refractivity (Wildman–Crippen MR) is 111 cm³/mol. The second kappa shape index (κ2) is 7.36. The maximum absolute atomic E-state index is 14.1. The molecule has 0 unspecified atom stereocenters. The molecule has 6 heteroatoms. The first-order chi connectivity index (χ1) is 13.5. The molecule has 4 nitrogen and oxygen atoms in total. The standard InChI is InChI=1S/C22H21FN2O2S/c1-14-20-18(23)4-3-5-19(20)28-21(14)22(27)25-12-10-24(11-13-25)17-8-6-16(7-9-17)15(2)26/h3-9H,10-13H2,1-2H3. The number of carbonyl (C=O) groups is 2. The number of carbonyl (C=O) groups excluding carboxylic acids is 2. The number of fused-ring (bicyclic) bond motifs is 1. The Labute approximate surface area is 167 Å². The van der Waals surface area contributed by atoms with Gasteiger partial charge in [-0.1, -0.05) is 6.07 Å². The Morgan fingerprint density at radius 1 is 1.00 bits per heavy atom. The van der Waals surface area contributed by atoms with Gasteiger partial charge in [0.15, 0.2) is 5.78 Å².